The second-order valence-electron chi connectivity index (χ2n) is 2.70. The van der Waals surface area contributed by atoms with Gasteiger partial charge in [0, 0.05) is 0 Å². The van der Waals surface area contributed by atoms with Crippen LogP contribution in [-0.2, 0) is 0 Å². The molecule has 0 spiro atoms. The quantitative estimate of drug-likeness (QED) is 0.676. The van der Waals surface area contributed by atoms with Crippen LogP contribution in [0.3, 0.4) is 0 Å². The monoisotopic (exact) mass is 163 g/mol. The van der Waals surface area contributed by atoms with Crippen molar-refractivity contribution in [1.29, 1.82) is 0 Å². The van der Waals surface area contributed by atoms with Gasteiger partial charge in [-0.3, -0.25) is 0 Å². The highest BCUT2D eigenvalue weighted by molar-refractivity contribution is 5.44. The molecule has 0 saturated heterocycles. The molecule has 4 heteroatoms. The highest BCUT2D eigenvalue weighted by Gasteiger charge is 2.05. The van der Waals surface area contributed by atoms with Crippen LogP contribution >= 0.6 is 0 Å². The van der Waals surface area contributed by atoms with Gasteiger partial charge in [0.05, 0.1) is 23.5 Å². The Morgan fingerprint density at radius 1 is 1.50 bits per heavy atom. The molecular weight excluding hydrogens is 154 g/mol. The van der Waals surface area contributed by atoms with Gasteiger partial charge in [0.15, 0.2) is 0 Å². The van der Waals surface area contributed by atoms with Gasteiger partial charge >= 0.3 is 0 Å². The lowest BCUT2D eigenvalue weighted by Gasteiger charge is -2.05. The van der Waals surface area contributed by atoms with Crippen LogP contribution in [0, 0.1) is 0 Å². The van der Waals surface area contributed by atoms with Crippen molar-refractivity contribution < 1.29 is 5.11 Å². The smallest absolute Gasteiger partial charge is 0.0933 e. The van der Waals surface area contributed by atoms with Crippen molar-refractivity contribution in [2.24, 2.45) is 0 Å². The average molecular weight is 163 g/mol. The first-order valence-corrected chi connectivity index (χ1v) is 3.76. The van der Waals surface area contributed by atoms with Crippen LogP contribution in [-0.4, -0.2) is 19.9 Å². The molecule has 0 amide bonds. The van der Waals surface area contributed by atoms with Crippen LogP contribution in [0.2, 0.25) is 0 Å². The molecule has 0 aliphatic heterocycles. The lowest BCUT2D eigenvalue weighted by molar-refractivity contribution is 0.191. The normalized spacial score (nSPS) is 13.5. The van der Waals surface area contributed by atoms with Crippen LogP contribution < -0.4 is 0 Å². The van der Waals surface area contributed by atoms with Gasteiger partial charge in [-0.15, -0.1) is 5.10 Å². The van der Waals surface area contributed by atoms with E-state index in [1.807, 2.05) is 18.2 Å². The molecule has 2 heterocycles. The minimum atomic E-state index is -0.518. The number of hydrogen-bond acceptors (Lipinski definition) is 3. The summed E-state index contributed by atoms with van der Waals surface area (Å²) in [5, 5.41) is 16.9. The van der Waals surface area contributed by atoms with E-state index in [-0.39, 0.29) is 0 Å². The van der Waals surface area contributed by atoms with E-state index in [2.05, 4.69) is 10.3 Å². The largest absolute Gasteiger partial charge is 0.387 e. The van der Waals surface area contributed by atoms with Gasteiger partial charge in [0.25, 0.3) is 0 Å². The number of fused-ring (bicyclic) bond motifs is 1. The van der Waals surface area contributed by atoms with Crippen molar-refractivity contribution in [2.45, 2.75) is 13.0 Å². The third kappa shape index (κ3) is 0.967. The SMILES string of the molecule is CC(O)c1cccc2cnnn12. The molecule has 0 aliphatic rings. The highest BCUT2D eigenvalue weighted by Crippen LogP contribution is 2.12. The maximum Gasteiger partial charge on any atom is 0.0933 e. The first-order chi connectivity index (χ1) is 5.79. The molecule has 0 fully saturated rings. The summed E-state index contributed by atoms with van der Waals surface area (Å²) in [6.07, 6.45) is 1.14. The lowest BCUT2D eigenvalue weighted by atomic mass is 10.2. The Bertz CT molecular complexity index is 394. The lowest BCUT2D eigenvalue weighted by Crippen LogP contribution is -2.01. The van der Waals surface area contributed by atoms with E-state index in [9.17, 15) is 5.11 Å². The zero-order chi connectivity index (χ0) is 8.55. The standard InChI is InChI=1S/C8H9N3O/c1-6(12)8-4-2-3-7-5-9-10-11(7)8/h2-6,12H,1H3. The van der Waals surface area contributed by atoms with Gasteiger partial charge in [-0.25, -0.2) is 4.52 Å². The van der Waals surface area contributed by atoms with E-state index in [4.69, 9.17) is 0 Å². The van der Waals surface area contributed by atoms with E-state index >= 15 is 0 Å². The molecule has 0 radical (unpaired) electrons. The second kappa shape index (κ2) is 2.57. The zero-order valence-electron chi connectivity index (χ0n) is 6.68. The van der Waals surface area contributed by atoms with Gasteiger partial charge in [0.1, 0.15) is 0 Å². The summed E-state index contributed by atoms with van der Waals surface area (Å²) in [6.45, 7) is 1.70. The first kappa shape index (κ1) is 7.24. The van der Waals surface area contributed by atoms with Gasteiger partial charge in [-0.05, 0) is 19.1 Å². The Kier molecular flexibility index (Phi) is 1.55. The molecule has 1 unspecified atom stereocenters. The zero-order valence-corrected chi connectivity index (χ0v) is 6.68. The summed E-state index contributed by atoms with van der Waals surface area (Å²) in [7, 11) is 0. The Hall–Kier alpha value is -1.42. The van der Waals surface area contributed by atoms with E-state index in [1.54, 1.807) is 17.6 Å². The topological polar surface area (TPSA) is 50.4 Å². The number of aliphatic hydroxyl groups excluding tert-OH is 1. The van der Waals surface area contributed by atoms with Crippen molar-refractivity contribution in [3.63, 3.8) is 0 Å². The summed E-state index contributed by atoms with van der Waals surface area (Å²) in [5.74, 6) is 0. The fourth-order valence-corrected chi connectivity index (χ4v) is 1.19. The van der Waals surface area contributed by atoms with Crippen molar-refractivity contribution in [3.05, 3.63) is 30.1 Å². The molecule has 2 rings (SSSR count). The molecule has 0 saturated carbocycles. The molecule has 1 atom stereocenters. The number of pyridine rings is 1. The summed E-state index contributed by atoms with van der Waals surface area (Å²) in [5.41, 5.74) is 1.65. The highest BCUT2D eigenvalue weighted by atomic mass is 16.3. The van der Waals surface area contributed by atoms with Crippen LogP contribution in [0.1, 0.15) is 18.7 Å². The van der Waals surface area contributed by atoms with Crippen molar-refractivity contribution in [3.8, 4) is 0 Å². The number of aliphatic hydroxyl groups is 1. The number of aromatic nitrogens is 3. The Morgan fingerprint density at radius 2 is 2.33 bits per heavy atom. The molecule has 4 nitrogen and oxygen atoms in total. The van der Waals surface area contributed by atoms with Gasteiger partial charge in [-0.1, -0.05) is 11.3 Å². The average Bonchev–Trinajstić information content (AvgIpc) is 2.49. The molecule has 0 aliphatic carbocycles. The number of rotatable bonds is 1. The predicted molar refractivity (Wildman–Crippen MR) is 43.6 cm³/mol. The van der Waals surface area contributed by atoms with Gasteiger partial charge in [-0.2, -0.15) is 0 Å². The molecule has 62 valence electrons. The molecule has 0 bridgehead atoms. The fourth-order valence-electron chi connectivity index (χ4n) is 1.19. The van der Waals surface area contributed by atoms with E-state index in [1.165, 1.54) is 0 Å². The molecule has 0 aromatic carbocycles. The number of hydrogen-bond donors (Lipinski definition) is 1. The maximum atomic E-state index is 9.35. The third-order valence-electron chi connectivity index (χ3n) is 1.78. The Balaban J connectivity index is 2.73. The van der Waals surface area contributed by atoms with E-state index in [0.717, 1.165) is 11.2 Å². The van der Waals surface area contributed by atoms with Crippen LogP contribution in [0.4, 0.5) is 0 Å². The minimum Gasteiger partial charge on any atom is -0.387 e. The van der Waals surface area contributed by atoms with E-state index in [0.29, 0.717) is 0 Å². The van der Waals surface area contributed by atoms with E-state index < -0.39 is 6.10 Å². The van der Waals surface area contributed by atoms with Crippen molar-refractivity contribution >= 4 is 5.52 Å². The fraction of sp³-hybridized carbons (Fsp3) is 0.250. The Labute approximate surface area is 69.4 Å². The first-order valence-electron chi connectivity index (χ1n) is 3.76. The predicted octanol–water partition coefficient (Wildman–Crippen LogP) is 0.783. The van der Waals surface area contributed by atoms with Gasteiger partial charge < -0.3 is 5.11 Å². The maximum absolute atomic E-state index is 9.35. The molecular formula is C8H9N3O. The van der Waals surface area contributed by atoms with Crippen LogP contribution in [0.15, 0.2) is 24.4 Å². The molecule has 1 N–H and O–H groups in total. The molecule has 12 heavy (non-hydrogen) atoms. The molecule has 2 aromatic heterocycles. The summed E-state index contributed by atoms with van der Waals surface area (Å²) < 4.78 is 1.63. The molecule has 2 aromatic rings. The van der Waals surface area contributed by atoms with Crippen molar-refractivity contribution in [1.82, 2.24) is 14.8 Å². The summed E-state index contributed by atoms with van der Waals surface area (Å²) in [4.78, 5) is 0. The summed E-state index contributed by atoms with van der Waals surface area (Å²) >= 11 is 0. The number of nitrogens with zero attached hydrogens (tertiary/aromatic N) is 3. The minimum absolute atomic E-state index is 0.518. The Morgan fingerprint density at radius 3 is 3.08 bits per heavy atom. The van der Waals surface area contributed by atoms with Crippen LogP contribution in [0.5, 0.6) is 0 Å². The van der Waals surface area contributed by atoms with Crippen LogP contribution in [0.25, 0.3) is 5.52 Å². The van der Waals surface area contributed by atoms with Crippen molar-refractivity contribution in [2.75, 3.05) is 0 Å². The summed E-state index contributed by atoms with van der Waals surface area (Å²) in [6, 6.07) is 5.60. The second-order valence-corrected chi connectivity index (χ2v) is 2.70. The van der Waals surface area contributed by atoms with Gasteiger partial charge in [0.2, 0.25) is 0 Å². The third-order valence-corrected chi connectivity index (χ3v) is 1.78.